The summed E-state index contributed by atoms with van der Waals surface area (Å²) in [7, 11) is 0. The van der Waals surface area contributed by atoms with Gasteiger partial charge in [-0.25, -0.2) is 9.36 Å². The average Bonchev–Trinajstić information content (AvgIpc) is 3.00. The van der Waals surface area contributed by atoms with Gasteiger partial charge in [0, 0.05) is 24.5 Å². The van der Waals surface area contributed by atoms with Crippen LogP contribution in [0.25, 0.3) is 5.82 Å². The van der Waals surface area contributed by atoms with Crippen molar-refractivity contribution in [3.05, 3.63) is 64.5 Å². The van der Waals surface area contributed by atoms with Crippen LogP contribution in [0.1, 0.15) is 11.4 Å². The Bertz CT molecular complexity index is 980. The maximum Gasteiger partial charge on any atom is 0.266 e. The van der Waals surface area contributed by atoms with Crippen LogP contribution < -0.4 is 15.6 Å². The molecule has 0 atom stereocenters. The minimum Gasteiger partial charge on any atom is -0.482 e. The molecule has 3 rings (SSSR count). The third-order valence-corrected chi connectivity index (χ3v) is 3.73. The first kappa shape index (κ1) is 18.3. The Hall–Kier alpha value is -3.49. The highest BCUT2D eigenvalue weighted by Gasteiger charge is 2.08. The number of rotatable bonds is 7. The number of aromatic nitrogens is 5. The van der Waals surface area contributed by atoms with E-state index in [1.54, 1.807) is 29.1 Å². The van der Waals surface area contributed by atoms with Crippen LogP contribution in [0.3, 0.4) is 0 Å². The van der Waals surface area contributed by atoms with Crippen LogP contribution in [-0.2, 0) is 11.3 Å². The molecule has 0 radical (unpaired) electrons. The van der Waals surface area contributed by atoms with Gasteiger partial charge in [-0.05, 0) is 38.1 Å². The molecule has 0 fully saturated rings. The Kier molecular flexibility index (Phi) is 5.60. The molecule has 0 spiro atoms. The number of ether oxygens (including phenoxy) is 1. The number of hydrogen-bond acceptors (Lipinski definition) is 6. The lowest BCUT2D eigenvalue weighted by atomic mass is 10.4. The normalized spacial score (nSPS) is 10.6. The monoisotopic (exact) mass is 368 g/mol. The minimum atomic E-state index is -0.290. The maximum absolute atomic E-state index is 12.0. The van der Waals surface area contributed by atoms with Gasteiger partial charge in [-0.2, -0.15) is 5.10 Å². The highest BCUT2D eigenvalue weighted by Crippen LogP contribution is 2.08. The lowest BCUT2D eigenvalue weighted by Gasteiger charge is -2.10. The van der Waals surface area contributed by atoms with Crippen molar-refractivity contribution in [3.63, 3.8) is 0 Å². The number of nitrogens with zero attached hydrogens (tertiary/aromatic N) is 5. The van der Waals surface area contributed by atoms with Gasteiger partial charge in [0.05, 0.1) is 18.4 Å². The molecule has 0 aromatic carbocycles. The number of hydrogen-bond donors (Lipinski definition) is 1. The summed E-state index contributed by atoms with van der Waals surface area (Å²) in [4.78, 5) is 27.8. The fourth-order valence-corrected chi connectivity index (χ4v) is 2.51. The highest BCUT2D eigenvalue weighted by atomic mass is 16.5. The van der Waals surface area contributed by atoms with E-state index in [0.717, 1.165) is 11.4 Å². The maximum atomic E-state index is 12.0. The van der Waals surface area contributed by atoms with Crippen molar-refractivity contribution in [1.29, 1.82) is 0 Å². The predicted molar refractivity (Wildman–Crippen MR) is 97.8 cm³/mol. The molecular formula is C18H20N6O3. The second-order valence-electron chi connectivity index (χ2n) is 5.92. The van der Waals surface area contributed by atoms with Crippen LogP contribution in [0, 0.1) is 13.8 Å². The zero-order valence-electron chi connectivity index (χ0n) is 15.1. The van der Waals surface area contributed by atoms with E-state index in [1.807, 2.05) is 19.9 Å². The van der Waals surface area contributed by atoms with E-state index in [0.29, 0.717) is 11.6 Å². The minimum absolute atomic E-state index is 0.125. The van der Waals surface area contributed by atoms with E-state index in [1.165, 1.54) is 16.9 Å². The molecule has 0 aliphatic carbocycles. The molecule has 0 bridgehead atoms. The van der Waals surface area contributed by atoms with Crippen molar-refractivity contribution in [2.45, 2.75) is 20.4 Å². The first-order chi connectivity index (χ1) is 13.0. The molecule has 0 aliphatic heterocycles. The van der Waals surface area contributed by atoms with Crippen molar-refractivity contribution in [2.24, 2.45) is 0 Å². The highest BCUT2D eigenvalue weighted by molar-refractivity contribution is 5.77. The van der Waals surface area contributed by atoms with E-state index >= 15 is 0 Å². The second kappa shape index (κ2) is 8.26. The molecule has 1 amide bonds. The fourth-order valence-electron chi connectivity index (χ4n) is 2.51. The summed E-state index contributed by atoms with van der Waals surface area (Å²) in [5.74, 6) is 0.774. The SMILES string of the molecule is Cc1cc(C)n(-c2ccc(=O)n(CCNC(=O)COc3cccnc3)n2)n1. The van der Waals surface area contributed by atoms with Gasteiger partial charge in [0.25, 0.3) is 11.5 Å². The third-order valence-electron chi connectivity index (χ3n) is 3.73. The topological polar surface area (TPSA) is 104 Å². The molecule has 9 heteroatoms. The number of aryl methyl sites for hydroxylation is 2. The van der Waals surface area contributed by atoms with Gasteiger partial charge in [0.1, 0.15) is 5.75 Å². The Labute approximate surface area is 155 Å². The first-order valence-electron chi connectivity index (χ1n) is 8.44. The van der Waals surface area contributed by atoms with E-state index in [-0.39, 0.29) is 31.2 Å². The van der Waals surface area contributed by atoms with Crippen LogP contribution in [0.5, 0.6) is 5.75 Å². The zero-order valence-corrected chi connectivity index (χ0v) is 15.1. The molecule has 9 nitrogen and oxygen atoms in total. The lowest BCUT2D eigenvalue weighted by Crippen LogP contribution is -2.34. The summed E-state index contributed by atoms with van der Waals surface area (Å²) < 4.78 is 8.29. The Morgan fingerprint density at radius 1 is 1.22 bits per heavy atom. The molecular weight excluding hydrogens is 348 g/mol. The summed E-state index contributed by atoms with van der Waals surface area (Å²) in [5.41, 5.74) is 1.54. The van der Waals surface area contributed by atoms with E-state index in [9.17, 15) is 9.59 Å². The number of pyridine rings is 1. The summed E-state index contributed by atoms with van der Waals surface area (Å²) in [6.45, 7) is 4.18. The molecule has 1 N–H and O–H groups in total. The van der Waals surface area contributed by atoms with E-state index in [4.69, 9.17) is 4.74 Å². The smallest absolute Gasteiger partial charge is 0.266 e. The van der Waals surface area contributed by atoms with Crippen molar-refractivity contribution >= 4 is 5.91 Å². The van der Waals surface area contributed by atoms with Crippen molar-refractivity contribution in [1.82, 2.24) is 29.9 Å². The van der Waals surface area contributed by atoms with Gasteiger partial charge < -0.3 is 10.1 Å². The quantitative estimate of drug-likeness (QED) is 0.656. The number of nitrogens with one attached hydrogen (secondary N) is 1. The van der Waals surface area contributed by atoms with Gasteiger partial charge >= 0.3 is 0 Å². The van der Waals surface area contributed by atoms with Crippen LogP contribution >= 0.6 is 0 Å². The molecule has 27 heavy (non-hydrogen) atoms. The van der Waals surface area contributed by atoms with Crippen LogP contribution in [0.2, 0.25) is 0 Å². The van der Waals surface area contributed by atoms with Gasteiger partial charge in [0.2, 0.25) is 0 Å². The molecule has 140 valence electrons. The standard InChI is InChI=1S/C18H20N6O3/c1-13-10-14(2)24(21-13)16-5-6-18(26)23(22-16)9-8-20-17(25)12-27-15-4-3-7-19-11-15/h3-7,10-11H,8-9,12H2,1-2H3,(H,20,25). The second-order valence-corrected chi connectivity index (χ2v) is 5.92. The Balaban J connectivity index is 1.56. The van der Waals surface area contributed by atoms with Crippen LogP contribution in [0.15, 0.2) is 47.5 Å². The Morgan fingerprint density at radius 3 is 2.78 bits per heavy atom. The largest absolute Gasteiger partial charge is 0.482 e. The molecule has 3 heterocycles. The number of carbonyl (C=O) groups excluding carboxylic acids is 1. The Morgan fingerprint density at radius 2 is 2.07 bits per heavy atom. The summed E-state index contributed by atoms with van der Waals surface area (Å²) in [5, 5.41) is 11.4. The van der Waals surface area contributed by atoms with Gasteiger partial charge in [-0.1, -0.05) is 0 Å². The van der Waals surface area contributed by atoms with E-state index in [2.05, 4.69) is 20.5 Å². The van der Waals surface area contributed by atoms with Crippen LogP contribution in [-0.4, -0.2) is 43.6 Å². The molecule has 3 aromatic rings. The predicted octanol–water partition coefficient (Wildman–Crippen LogP) is 0.636. The van der Waals surface area contributed by atoms with Gasteiger partial charge in [-0.3, -0.25) is 14.6 Å². The summed E-state index contributed by atoms with van der Waals surface area (Å²) in [6.07, 6.45) is 3.15. The molecule has 0 unspecified atom stereocenters. The molecule has 0 saturated heterocycles. The first-order valence-corrected chi connectivity index (χ1v) is 8.44. The fraction of sp³-hybridized carbons (Fsp3) is 0.278. The third kappa shape index (κ3) is 4.78. The summed E-state index contributed by atoms with van der Waals surface area (Å²) >= 11 is 0. The van der Waals surface area contributed by atoms with Crippen molar-refractivity contribution < 1.29 is 9.53 Å². The van der Waals surface area contributed by atoms with Crippen LogP contribution in [0.4, 0.5) is 0 Å². The number of amides is 1. The molecule has 0 aliphatic rings. The van der Waals surface area contributed by atoms with Crippen molar-refractivity contribution in [3.8, 4) is 11.6 Å². The van der Waals surface area contributed by atoms with Crippen molar-refractivity contribution in [2.75, 3.05) is 13.2 Å². The van der Waals surface area contributed by atoms with Gasteiger partial charge in [-0.15, -0.1) is 5.10 Å². The zero-order chi connectivity index (χ0) is 19.2. The molecule has 0 saturated carbocycles. The summed E-state index contributed by atoms with van der Waals surface area (Å²) in [6, 6.07) is 8.43. The number of carbonyl (C=O) groups is 1. The lowest BCUT2D eigenvalue weighted by molar-refractivity contribution is -0.123. The van der Waals surface area contributed by atoms with Gasteiger partial charge in [0.15, 0.2) is 12.4 Å². The van der Waals surface area contributed by atoms with E-state index < -0.39 is 0 Å². The molecule has 3 aromatic heterocycles. The average molecular weight is 368 g/mol.